The van der Waals surface area contributed by atoms with E-state index in [2.05, 4.69) is 0 Å². The van der Waals surface area contributed by atoms with Crippen LogP contribution in [0.4, 0.5) is 0 Å². The molecule has 0 saturated heterocycles. The van der Waals surface area contributed by atoms with Crippen LogP contribution in [0.2, 0.25) is 0 Å². The van der Waals surface area contributed by atoms with Crippen LogP contribution < -0.4 is 0 Å². The molecule has 0 amide bonds. The monoisotopic (exact) mass is 191 g/mol. The summed E-state index contributed by atoms with van der Waals surface area (Å²) >= 11 is 0. The highest BCUT2D eigenvalue weighted by molar-refractivity contribution is 7.60. The molecule has 0 spiro atoms. The third kappa shape index (κ3) is 8.46. The van der Waals surface area contributed by atoms with Gasteiger partial charge in [0.2, 0.25) is 0 Å². The van der Waals surface area contributed by atoms with Gasteiger partial charge in [0.05, 0.1) is 6.16 Å². The maximum absolute atomic E-state index is 10.1. The summed E-state index contributed by atoms with van der Waals surface area (Å²) in [7, 11) is -8.22. The molecule has 0 atom stereocenters. The van der Waals surface area contributed by atoms with Gasteiger partial charge >= 0.3 is 15.5 Å². The molecule has 0 rings (SSSR count). The minimum absolute atomic E-state index is 0.655. The number of hydrogen-bond donors (Lipinski definition) is 5. The topological polar surface area (TPSA) is 118 Å². The Balaban J connectivity index is 3.67. The van der Waals surface area contributed by atoms with Crippen LogP contribution in [-0.2, 0) is 4.57 Å². The fourth-order valence-corrected chi connectivity index (χ4v) is 2.38. The minimum atomic E-state index is -4.21. The van der Waals surface area contributed by atoms with Crippen molar-refractivity contribution in [2.24, 2.45) is 0 Å². The van der Waals surface area contributed by atoms with Crippen molar-refractivity contribution in [1.82, 2.24) is 0 Å². The minimum Gasteiger partial charge on any atom is -0.324 e. The molecule has 0 heterocycles. The molecule has 0 aliphatic rings. The van der Waals surface area contributed by atoms with Crippen LogP contribution in [0.1, 0.15) is 0 Å². The average Bonchev–Trinajstić information content (AvgIpc) is 1.57. The first-order chi connectivity index (χ1) is 4.21. The molecule has 6 nitrogen and oxygen atoms in total. The van der Waals surface area contributed by atoms with Gasteiger partial charge in [-0.05, 0) is 0 Å². The van der Waals surface area contributed by atoms with E-state index in [9.17, 15) is 4.57 Å². The Morgan fingerprint density at radius 3 is 1.70 bits per heavy atom. The molecule has 0 bridgehead atoms. The molecule has 5 N–H and O–H groups in total. The van der Waals surface area contributed by atoms with Crippen molar-refractivity contribution < 1.29 is 29.0 Å². The van der Waals surface area contributed by atoms with Crippen molar-refractivity contribution in [2.75, 3.05) is 12.3 Å². The van der Waals surface area contributed by atoms with E-state index >= 15 is 0 Å². The van der Waals surface area contributed by atoms with E-state index in [1.807, 2.05) is 0 Å². The lowest BCUT2D eigenvalue weighted by molar-refractivity contribution is 0.328. The molecule has 0 fully saturated rings. The standard InChI is InChI=1S/C2H8O6P2/c3-9(4,5)1-2-10(6,7)8/h3-5H,1-2H2,(H-,6,7,8)/p+1. The Hall–Kier alpha value is 0.460. The van der Waals surface area contributed by atoms with Gasteiger partial charge in [0.1, 0.15) is 0 Å². The summed E-state index contributed by atoms with van der Waals surface area (Å²) in [5.41, 5.74) is 0. The number of hydrogen-bond acceptors (Lipinski definition) is 4. The Labute approximate surface area is 57.9 Å². The zero-order chi connectivity index (χ0) is 8.41. The van der Waals surface area contributed by atoms with Gasteiger partial charge < -0.3 is 9.79 Å². The summed E-state index contributed by atoms with van der Waals surface area (Å²) in [6, 6.07) is 0. The van der Waals surface area contributed by atoms with Crippen molar-refractivity contribution in [3.8, 4) is 0 Å². The van der Waals surface area contributed by atoms with Gasteiger partial charge in [0.15, 0.2) is 6.16 Å². The van der Waals surface area contributed by atoms with E-state index in [1.54, 1.807) is 0 Å². The van der Waals surface area contributed by atoms with Crippen LogP contribution in [-0.4, -0.2) is 36.8 Å². The molecule has 62 valence electrons. The Kier molecular flexibility index (Phi) is 3.39. The van der Waals surface area contributed by atoms with Crippen molar-refractivity contribution in [1.29, 1.82) is 0 Å². The van der Waals surface area contributed by atoms with E-state index in [1.165, 1.54) is 0 Å². The summed E-state index contributed by atoms with van der Waals surface area (Å²) in [5.74, 6) is 0. The summed E-state index contributed by atoms with van der Waals surface area (Å²) in [5, 5.41) is 0. The third-order valence-electron chi connectivity index (χ3n) is 0.691. The van der Waals surface area contributed by atoms with E-state index in [0.29, 0.717) is 0 Å². The number of rotatable bonds is 3. The maximum atomic E-state index is 10.1. The third-order valence-corrected chi connectivity index (χ3v) is 2.67. The average molecular weight is 191 g/mol. The lowest BCUT2D eigenvalue weighted by atomic mass is 11.0. The normalized spacial score (nSPS) is 13.7. The van der Waals surface area contributed by atoms with Crippen LogP contribution in [0, 0.1) is 0 Å². The fraction of sp³-hybridized carbons (Fsp3) is 1.00. The summed E-state index contributed by atoms with van der Waals surface area (Å²) < 4.78 is 10.1. The molecule has 0 saturated carbocycles. The van der Waals surface area contributed by atoms with Gasteiger partial charge in [-0.2, -0.15) is 14.7 Å². The largest absolute Gasteiger partial charge is 0.404 e. The summed E-state index contributed by atoms with van der Waals surface area (Å²) in [6.07, 6.45) is -1.36. The second-order valence-electron chi connectivity index (χ2n) is 1.80. The molecular weight excluding hydrogens is 182 g/mol. The Morgan fingerprint density at radius 1 is 1.20 bits per heavy atom. The highest BCUT2D eigenvalue weighted by Gasteiger charge is 2.33. The first-order valence-electron chi connectivity index (χ1n) is 2.32. The van der Waals surface area contributed by atoms with Gasteiger partial charge in [-0.25, -0.2) is 0 Å². The highest BCUT2D eigenvalue weighted by Crippen LogP contribution is 2.48. The maximum Gasteiger partial charge on any atom is 0.404 e. The highest BCUT2D eigenvalue weighted by atomic mass is 31.2. The summed E-state index contributed by atoms with van der Waals surface area (Å²) in [6.45, 7) is 0. The molecule has 0 radical (unpaired) electrons. The lowest BCUT2D eigenvalue weighted by Crippen LogP contribution is -2.00. The molecular formula is C2H9O6P2+. The fourth-order valence-electron chi connectivity index (χ4n) is 0.264. The molecule has 0 aromatic heterocycles. The van der Waals surface area contributed by atoms with E-state index in [4.69, 9.17) is 24.5 Å². The first kappa shape index (κ1) is 10.5. The Bertz CT molecular complexity index is 142. The predicted octanol–water partition coefficient (Wildman–Crippen LogP) is -1.10. The molecule has 0 aromatic carbocycles. The van der Waals surface area contributed by atoms with Crippen molar-refractivity contribution >= 4 is 15.5 Å². The van der Waals surface area contributed by atoms with Gasteiger partial charge in [0, 0.05) is 0 Å². The van der Waals surface area contributed by atoms with Crippen LogP contribution in [0.15, 0.2) is 0 Å². The second kappa shape index (κ2) is 3.24. The van der Waals surface area contributed by atoms with Crippen LogP contribution >= 0.6 is 15.5 Å². The first-order valence-corrected chi connectivity index (χ1v) is 5.95. The SMILES string of the molecule is O=P(O)(O)CC[P+](O)(O)O. The molecule has 0 aliphatic carbocycles. The lowest BCUT2D eigenvalue weighted by Gasteiger charge is -2.04. The molecule has 0 aliphatic heterocycles. The van der Waals surface area contributed by atoms with Crippen molar-refractivity contribution in [2.45, 2.75) is 0 Å². The molecule has 10 heavy (non-hydrogen) atoms. The zero-order valence-electron chi connectivity index (χ0n) is 4.95. The van der Waals surface area contributed by atoms with Crippen LogP contribution in [0.25, 0.3) is 0 Å². The van der Waals surface area contributed by atoms with Crippen molar-refractivity contribution in [3.05, 3.63) is 0 Å². The Morgan fingerprint density at radius 2 is 1.60 bits per heavy atom. The van der Waals surface area contributed by atoms with E-state index < -0.39 is 27.9 Å². The van der Waals surface area contributed by atoms with E-state index in [-0.39, 0.29) is 0 Å². The molecule has 8 heteroatoms. The van der Waals surface area contributed by atoms with Gasteiger partial charge in [-0.3, -0.25) is 4.57 Å². The molecule has 0 aromatic rings. The van der Waals surface area contributed by atoms with E-state index in [0.717, 1.165) is 0 Å². The quantitative estimate of drug-likeness (QED) is 0.361. The van der Waals surface area contributed by atoms with Gasteiger partial charge in [-0.15, -0.1) is 0 Å². The predicted molar refractivity (Wildman–Crippen MR) is 35.4 cm³/mol. The van der Waals surface area contributed by atoms with Crippen molar-refractivity contribution in [3.63, 3.8) is 0 Å². The van der Waals surface area contributed by atoms with Gasteiger partial charge in [0.25, 0.3) is 0 Å². The summed E-state index contributed by atoms with van der Waals surface area (Å²) in [4.78, 5) is 41.1. The molecule has 0 unspecified atom stereocenters. The zero-order valence-corrected chi connectivity index (χ0v) is 6.74. The van der Waals surface area contributed by atoms with Gasteiger partial charge in [-0.1, -0.05) is 0 Å². The smallest absolute Gasteiger partial charge is 0.324 e. The van der Waals surface area contributed by atoms with Crippen LogP contribution in [0.5, 0.6) is 0 Å². The van der Waals surface area contributed by atoms with Crippen LogP contribution in [0.3, 0.4) is 0 Å². The second-order valence-corrected chi connectivity index (χ2v) is 5.41.